The van der Waals surface area contributed by atoms with Gasteiger partial charge in [-0.15, -0.1) is 0 Å². The Morgan fingerprint density at radius 1 is 1.33 bits per heavy atom. The fourth-order valence-corrected chi connectivity index (χ4v) is 2.68. The SMILES string of the molecule is Cc1cc(C)n(-c2cc(NCCNC(=O)[C@H]3CCOC3)ncn2)n1. The van der Waals surface area contributed by atoms with Gasteiger partial charge in [-0.05, 0) is 26.3 Å². The van der Waals surface area contributed by atoms with Gasteiger partial charge in [-0.3, -0.25) is 4.79 Å². The van der Waals surface area contributed by atoms with Gasteiger partial charge in [0.05, 0.1) is 18.2 Å². The first-order chi connectivity index (χ1) is 11.6. The topological polar surface area (TPSA) is 94.0 Å². The van der Waals surface area contributed by atoms with Crippen LogP contribution < -0.4 is 10.6 Å². The normalized spacial score (nSPS) is 17.0. The zero-order valence-corrected chi connectivity index (χ0v) is 14.0. The molecule has 2 N–H and O–H groups in total. The van der Waals surface area contributed by atoms with Crippen molar-refractivity contribution in [3.8, 4) is 5.82 Å². The standard InChI is InChI=1S/C16H22N6O2/c1-11-7-12(2)22(21-11)15-8-14(19-10-20-15)17-4-5-18-16(23)13-3-6-24-9-13/h7-8,10,13H,3-6,9H2,1-2H3,(H,18,23)(H,17,19,20)/t13-/m0/s1. The molecule has 0 radical (unpaired) electrons. The van der Waals surface area contributed by atoms with Gasteiger partial charge >= 0.3 is 0 Å². The highest BCUT2D eigenvalue weighted by atomic mass is 16.5. The van der Waals surface area contributed by atoms with Crippen molar-refractivity contribution < 1.29 is 9.53 Å². The zero-order chi connectivity index (χ0) is 16.9. The predicted molar refractivity (Wildman–Crippen MR) is 89.1 cm³/mol. The largest absolute Gasteiger partial charge is 0.381 e. The van der Waals surface area contributed by atoms with Crippen molar-refractivity contribution in [2.45, 2.75) is 20.3 Å². The molecule has 3 rings (SSSR count). The predicted octanol–water partition coefficient (Wildman–Crippen LogP) is 0.844. The molecule has 0 saturated carbocycles. The van der Waals surface area contributed by atoms with Crippen molar-refractivity contribution in [3.05, 3.63) is 29.8 Å². The highest BCUT2D eigenvalue weighted by Crippen LogP contribution is 2.13. The average Bonchev–Trinajstić information content (AvgIpc) is 3.21. The number of nitrogens with zero attached hydrogens (tertiary/aromatic N) is 4. The van der Waals surface area contributed by atoms with Gasteiger partial charge in [-0.25, -0.2) is 14.6 Å². The zero-order valence-electron chi connectivity index (χ0n) is 14.0. The Morgan fingerprint density at radius 2 is 2.21 bits per heavy atom. The Bertz CT molecular complexity index is 708. The number of ether oxygens (including phenoxy) is 1. The second-order valence-corrected chi connectivity index (χ2v) is 5.88. The molecule has 1 aliphatic rings. The molecule has 8 nitrogen and oxygen atoms in total. The lowest BCUT2D eigenvalue weighted by Gasteiger charge is -2.11. The summed E-state index contributed by atoms with van der Waals surface area (Å²) in [6.07, 6.45) is 2.31. The van der Waals surface area contributed by atoms with E-state index in [1.165, 1.54) is 6.33 Å². The smallest absolute Gasteiger partial charge is 0.225 e. The Balaban J connectivity index is 1.51. The van der Waals surface area contributed by atoms with E-state index in [0.717, 1.165) is 17.8 Å². The molecule has 0 spiro atoms. The number of hydrogen-bond donors (Lipinski definition) is 2. The number of rotatable bonds is 6. The average molecular weight is 330 g/mol. The van der Waals surface area contributed by atoms with E-state index in [9.17, 15) is 4.79 Å². The maximum absolute atomic E-state index is 11.9. The van der Waals surface area contributed by atoms with Crippen LogP contribution in [0.4, 0.5) is 5.82 Å². The number of aromatic nitrogens is 4. The monoisotopic (exact) mass is 330 g/mol. The lowest BCUT2D eigenvalue weighted by molar-refractivity contribution is -0.124. The van der Waals surface area contributed by atoms with Gasteiger partial charge in [0.2, 0.25) is 5.91 Å². The third-order valence-corrected chi connectivity index (χ3v) is 3.91. The van der Waals surface area contributed by atoms with Crippen molar-refractivity contribution in [1.29, 1.82) is 0 Å². The number of amides is 1. The van der Waals surface area contributed by atoms with Gasteiger partial charge in [-0.2, -0.15) is 5.10 Å². The second kappa shape index (κ2) is 7.39. The summed E-state index contributed by atoms with van der Waals surface area (Å²) in [6, 6.07) is 3.84. The van der Waals surface area contributed by atoms with Crippen molar-refractivity contribution in [2.75, 3.05) is 31.6 Å². The lowest BCUT2D eigenvalue weighted by Crippen LogP contribution is -2.34. The molecule has 1 atom stereocenters. The summed E-state index contributed by atoms with van der Waals surface area (Å²) in [6.45, 7) is 6.25. The molecule has 0 aliphatic carbocycles. The van der Waals surface area contributed by atoms with Gasteiger partial charge in [0.15, 0.2) is 5.82 Å². The second-order valence-electron chi connectivity index (χ2n) is 5.88. The number of anilines is 1. The third-order valence-electron chi connectivity index (χ3n) is 3.91. The lowest BCUT2D eigenvalue weighted by atomic mass is 10.1. The Morgan fingerprint density at radius 3 is 2.92 bits per heavy atom. The molecule has 1 saturated heterocycles. The first kappa shape index (κ1) is 16.4. The van der Waals surface area contributed by atoms with Crippen molar-refractivity contribution in [1.82, 2.24) is 25.1 Å². The summed E-state index contributed by atoms with van der Waals surface area (Å²) >= 11 is 0. The molecule has 1 aliphatic heterocycles. The first-order valence-corrected chi connectivity index (χ1v) is 8.08. The maximum atomic E-state index is 11.9. The summed E-state index contributed by atoms with van der Waals surface area (Å²) in [5.41, 5.74) is 1.96. The Hall–Kier alpha value is -2.48. The van der Waals surface area contributed by atoms with Crippen LogP contribution in [0.1, 0.15) is 17.8 Å². The minimum absolute atomic E-state index is 0.0123. The molecule has 128 valence electrons. The number of carbonyl (C=O) groups is 1. The molecule has 24 heavy (non-hydrogen) atoms. The molecule has 1 amide bonds. The molecule has 2 aromatic heterocycles. The molecule has 3 heterocycles. The van der Waals surface area contributed by atoms with Gasteiger partial charge < -0.3 is 15.4 Å². The molecule has 8 heteroatoms. The van der Waals surface area contributed by atoms with Crippen LogP contribution in [0.5, 0.6) is 0 Å². The van der Waals surface area contributed by atoms with Gasteiger partial charge in [-0.1, -0.05) is 0 Å². The van der Waals surface area contributed by atoms with E-state index in [1.807, 2.05) is 26.0 Å². The van der Waals surface area contributed by atoms with Gasteiger partial charge in [0.1, 0.15) is 12.1 Å². The highest BCUT2D eigenvalue weighted by molar-refractivity contribution is 5.79. The number of carbonyl (C=O) groups excluding carboxylic acids is 1. The van der Waals surface area contributed by atoms with E-state index < -0.39 is 0 Å². The number of hydrogen-bond acceptors (Lipinski definition) is 6. The van der Waals surface area contributed by atoms with Crippen LogP contribution >= 0.6 is 0 Å². The maximum Gasteiger partial charge on any atom is 0.225 e. The van der Waals surface area contributed by atoms with Crippen LogP contribution in [0.25, 0.3) is 5.82 Å². The molecule has 2 aromatic rings. The fourth-order valence-electron chi connectivity index (χ4n) is 2.68. The van der Waals surface area contributed by atoms with Crippen molar-refractivity contribution in [3.63, 3.8) is 0 Å². The van der Waals surface area contributed by atoms with Gasteiger partial charge in [0, 0.05) is 31.5 Å². The van der Waals surface area contributed by atoms with E-state index in [2.05, 4.69) is 25.7 Å². The van der Waals surface area contributed by atoms with E-state index in [1.54, 1.807) is 4.68 Å². The van der Waals surface area contributed by atoms with E-state index in [0.29, 0.717) is 37.9 Å². The van der Waals surface area contributed by atoms with Crippen LogP contribution in [0.15, 0.2) is 18.5 Å². The molecular weight excluding hydrogens is 308 g/mol. The van der Waals surface area contributed by atoms with Crippen LogP contribution in [-0.2, 0) is 9.53 Å². The third kappa shape index (κ3) is 3.88. The Labute approximate surface area is 140 Å². The molecular formula is C16H22N6O2. The van der Waals surface area contributed by atoms with Gasteiger partial charge in [0.25, 0.3) is 0 Å². The summed E-state index contributed by atoms with van der Waals surface area (Å²) in [5, 5.41) is 10.5. The van der Waals surface area contributed by atoms with Crippen LogP contribution in [-0.4, -0.2) is 52.0 Å². The van der Waals surface area contributed by atoms with Crippen LogP contribution in [0.3, 0.4) is 0 Å². The van der Waals surface area contributed by atoms with Crippen LogP contribution in [0, 0.1) is 19.8 Å². The summed E-state index contributed by atoms with van der Waals surface area (Å²) in [7, 11) is 0. The molecule has 0 aromatic carbocycles. The molecule has 0 unspecified atom stereocenters. The van der Waals surface area contributed by atoms with E-state index in [4.69, 9.17) is 4.74 Å². The van der Waals surface area contributed by atoms with E-state index >= 15 is 0 Å². The molecule has 0 bridgehead atoms. The summed E-state index contributed by atoms with van der Waals surface area (Å²) in [4.78, 5) is 20.3. The minimum Gasteiger partial charge on any atom is -0.381 e. The van der Waals surface area contributed by atoms with Crippen molar-refractivity contribution in [2.24, 2.45) is 5.92 Å². The van der Waals surface area contributed by atoms with E-state index in [-0.39, 0.29) is 11.8 Å². The minimum atomic E-state index is -0.0123. The van der Waals surface area contributed by atoms with Crippen LogP contribution in [0.2, 0.25) is 0 Å². The Kier molecular flexibility index (Phi) is 5.05. The van der Waals surface area contributed by atoms with Crippen molar-refractivity contribution >= 4 is 11.7 Å². The molecule has 1 fully saturated rings. The fraction of sp³-hybridized carbons (Fsp3) is 0.500. The summed E-state index contributed by atoms with van der Waals surface area (Å²) < 4.78 is 7.00. The highest BCUT2D eigenvalue weighted by Gasteiger charge is 2.22. The number of aryl methyl sites for hydroxylation is 2. The summed E-state index contributed by atoms with van der Waals surface area (Å²) in [5.74, 6) is 1.46. The first-order valence-electron chi connectivity index (χ1n) is 8.08. The quantitative estimate of drug-likeness (QED) is 0.763. The number of nitrogens with one attached hydrogen (secondary N) is 2.